The average molecular weight is 244 g/mol. The Morgan fingerprint density at radius 2 is 1.75 bits per heavy atom. The van der Waals surface area contributed by atoms with Crippen molar-refractivity contribution >= 4 is 20.9 Å². The Morgan fingerprint density at radius 1 is 1.25 bits per heavy atom. The summed E-state index contributed by atoms with van der Waals surface area (Å²) in [7, 11) is -1.90. The zero-order chi connectivity index (χ0) is 13.0. The van der Waals surface area contributed by atoms with Gasteiger partial charge in [0.1, 0.15) is 12.6 Å². The first kappa shape index (κ1) is 15.5. The summed E-state index contributed by atoms with van der Waals surface area (Å²) >= 11 is 0. The third-order valence-corrected chi connectivity index (χ3v) is 7.89. The number of rotatable bonds is 6. The molecule has 0 N–H and O–H groups in total. The fourth-order valence-electron chi connectivity index (χ4n) is 1.11. The first-order valence-corrected chi connectivity index (χ1v) is 8.63. The molecule has 3 nitrogen and oxygen atoms in total. The van der Waals surface area contributed by atoms with E-state index in [9.17, 15) is 9.59 Å². The largest absolute Gasteiger partial charge is 0.413 e. The molecule has 0 aromatic heterocycles. The Hall–Kier alpha value is -0.483. The van der Waals surface area contributed by atoms with Gasteiger partial charge in [-0.25, -0.2) is 0 Å². The number of carbonyl (C=O) groups excluding carboxylic acids is 2. The highest BCUT2D eigenvalue weighted by molar-refractivity contribution is 6.74. The van der Waals surface area contributed by atoms with Gasteiger partial charge in [-0.1, -0.05) is 27.7 Å². The SMILES string of the molecule is CC(C=O)C(CC=O)O[Si](C)(C)C(C)(C)C. The number of hydrogen-bond acceptors (Lipinski definition) is 3. The molecule has 0 saturated heterocycles. The standard InChI is InChI=1S/C12H24O3Si/c1-10(9-14)11(7-8-13)15-16(5,6)12(2,3)4/h8-11H,7H2,1-6H3. The first-order valence-electron chi connectivity index (χ1n) is 5.72. The molecule has 16 heavy (non-hydrogen) atoms. The molecule has 0 aromatic carbocycles. The third-order valence-electron chi connectivity index (χ3n) is 3.38. The summed E-state index contributed by atoms with van der Waals surface area (Å²) in [6, 6.07) is 0. The highest BCUT2D eigenvalue weighted by Gasteiger charge is 2.39. The Kier molecular flexibility index (Phi) is 5.56. The zero-order valence-electron chi connectivity index (χ0n) is 11.2. The predicted molar refractivity (Wildman–Crippen MR) is 68.0 cm³/mol. The molecule has 0 heterocycles. The van der Waals surface area contributed by atoms with Crippen molar-refractivity contribution in [2.75, 3.05) is 0 Å². The van der Waals surface area contributed by atoms with Crippen molar-refractivity contribution in [3.8, 4) is 0 Å². The second-order valence-electron chi connectivity index (χ2n) is 5.81. The molecule has 0 aliphatic heterocycles. The van der Waals surface area contributed by atoms with Crippen molar-refractivity contribution in [3.63, 3.8) is 0 Å². The van der Waals surface area contributed by atoms with Gasteiger partial charge in [-0.2, -0.15) is 0 Å². The van der Waals surface area contributed by atoms with Crippen LogP contribution in [-0.4, -0.2) is 27.0 Å². The van der Waals surface area contributed by atoms with E-state index in [0.717, 1.165) is 12.6 Å². The monoisotopic (exact) mass is 244 g/mol. The highest BCUT2D eigenvalue weighted by atomic mass is 28.4. The molecule has 0 fully saturated rings. The normalized spacial score (nSPS) is 16.6. The number of hydrogen-bond donors (Lipinski definition) is 0. The van der Waals surface area contributed by atoms with Crippen LogP contribution in [0.25, 0.3) is 0 Å². The van der Waals surface area contributed by atoms with Gasteiger partial charge in [0.25, 0.3) is 0 Å². The van der Waals surface area contributed by atoms with Crippen LogP contribution in [-0.2, 0) is 14.0 Å². The Balaban J connectivity index is 4.74. The summed E-state index contributed by atoms with van der Waals surface area (Å²) in [5, 5.41) is 0.0940. The molecule has 0 aromatic rings. The van der Waals surface area contributed by atoms with Crippen molar-refractivity contribution in [1.29, 1.82) is 0 Å². The van der Waals surface area contributed by atoms with Gasteiger partial charge < -0.3 is 14.0 Å². The van der Waals surface area contributed by atoms with E-state index in [1.165, 1.54) is 0 Å². The van der Waals surface area contributed by atoms with Crippen molar-refractivity contribution in [2.24, 2.45) is 5.92 Å². The molecule has 0 rings (SSSR count). The van der Waals surface area contributed by atoms with Crippen LogP contribution in [0.5, 0.6) is 0 Å². The van der Waals surface area contributed by atoms with Crippen LogP contribution in [0.1, 0.15) is 34.1 Å². The molecule has 4 heteroatoms. The molecule has 2 unspecified atom stereocenters. The third kappa shape index (κ3) is 4.18. The molecule has 94 valence electrons. The van der Waals surface area contributed by atoms with Crippen molar-refractivity contribution < 1.29 is 14.0 Å². The highest BCUT2D eigenvalue weighted by Crippen LogP contribution is 2.38. The summed E-state index contributed by atoms with van der Waals surface area (Å²) in [6.07, 6.45) is 1.72. The maximum absolute atomic E-state index is 10.8. The lowest BCUT2D eigenvalue weighted by Crippen LogP contribution is -2.45. The number of aldehydes is 2. The minimum absolute atomic E-state index is 0.0940. The van der Waals surface area contributed by atoms with E-state index in [2.05, 4.69) is 33.9 Å². The van der Waals surface area contributed by atoms with E-state index in [1.54, 1.807) is 6.92 Å². The van der Waals surface area contributed by atoms with Crippen LogP contribution >= 0.6 is 0 Å². The van der Waals surface area contributed by atoms with E-state index in [-0.39, 0.29) is 17.1 Å². The van der Waals surface area contributed by atoms with Crippen LogP contribution in [0.4, 0.5) is 0 Å². The molecular weight excluding hydrogens is 220 g/mol. The fourth-order valence-corrected chi connectivity index (χ4v) is 2.53. The molecule has 2 atom stereocenters. The van der Waals surface area contributed by atoms with E-state index in [4.69, 9.17) is 4.43 Å². The lowest BCUT2D eigenvalue weighted by Gasteiger charge is -2.39. The quantitative estimate of drug-likeness (QED) is 0.533. The van der Waals surface area contributed by atoms with Gasteiger partial charge in [0.05, 0.1) is 6.10 Å². The maximum atomic E-state index is 10.8. The molecule has 0 spiro atoms. The summed E-state index contributed by atoms with van der Waals surface area (Å²) in [4.78, 5) is 21.4. The second-order valence-corrected chi connectivity index (χ2v) is 10.6. The predicted octanol–water partition coefficient (Wildman–Crippen LogP) is 2.80. The van der Waals surface area contributed by atoms with Gasteiger partial charge in [-0.15, -0.1) is 0 Å². The number of carbonyl (C=O) groups is 2. The average Bonchev–Trinajstić information content (AvgIpc) is 2.14. The van der Waals surface area contributed by atoms with Crippen molar-refractivity contribution in [1.82, 2.24) is 0 Å². The lowest BCUT2D eigenvalue weighted by molar-refractivity contribution is -0.115. The van der Waals surface area contributed by atoms with Crippen molar-refractivity contribution in [2.45, 2.75) is 58.4 Å². The molecular formula is C12H24O3Si. The van der Waals surface area contributed by atoms with Crippen LogP contribution in [0.2, 0.25) is 18.1 Å². The molecule has 0 bridgehead atoms. The minimum atomic E-state index is -1.90. The van der Waals surface area contributed by atoms with Gasteiger partial charge in [0, 0.05) is 12.3 Å². The van der Waals surface area contributed by atoms with E-state index in [1.807, 2.05) is 0 Å². The smallest absolute Gasteiger partial charge is 0.192 e. The van der Waals surface area contributed by atoms with Gasteiger partial charge in [0.15, 0.2) is 8.32 Å². The summed E-state index contributed by atoms with van der Waals surface area (Å²) in [5.41, 5.74) is 0. The van der Waals surface area contributed by atoms with Gasteiger partial charge in [0.2, 0.25) is 0 Å². The minimum Gasteiger partial charge on any atom is -0.413 e. The van der Waals surface area contributed by atoms with Crippen LogP contribution < -0.4 is 0 Å². The van der Waals surface area contributed by atoms with Crippen LogP contribution in [0, 0.1) is 5.92 Å². The summed E-state index contributed by atoms with van der Waals surface area (Å²) in [6.45, 7) is 12.5. The molecule has 0 aliphatic carbocycles. The Bertz CT molecular complexity index is 243. The first-order chi connectivity index (χ1) is 7.15. The van der Waals surface area contributed by atoms with Crippen LogP contribution in [0.3, 0.4) is 0 Å². The fraction of sp³-hybridized carbons (Fsp3) is 0.833. The van der Waals surface area contributed by atoms with Gasteiger partial charge in [-0.05, 0) is 18.1 Å². The zero-order valence-corrected chi connectivity index (χ0v) is 12.2. The van der Waals surface area contributed by atoms with Crippen LogP contribution in [0.15, 0.2) is 0 Å². The topological polar surface area (TPSA) is 43.4 Å². The van der Waals surface area contributed by atoms with E-state index >= 15 is 0 Å². The summed E-state index contributed by atoms with van der Waals surface area (Å²) in [5.74, 6) is -0.223. The Morgan fingerprint density at radius 3 is 2.06 bits per heavy atom. The van der Waals surface area contributed by atoms with Gasteiger partial charge in [-0.3, -0.25) is 0 Å². The molecule has 0 radical (unpaired) electrons. The second kappa shape index (κ2) is 5.73. The van der Waals surface area contributed by atoms with E-state index < -0.39 is 8.32 Å². The van der Waals surface area contributed by atoms with Gasteiger partial charge >= 0.3 is 0 Å². The maximum Gasteiger partial charge on any atom is 0.192 e. The van der Waals surface area contributed by atoms with Crippen molar-refractivity contribution in [3.05, 3.63) is 0 Å². The Labute approximate surface area is 99.7 Å². The summed E-state index contributed by atoms with van der Waals surface area (Å²) < 4.78 is 6.07. The lowest BCUT2D eigenvalue weighted by atomic mass is 10.1. The van der Waals surface area contributed by atoms with E-state index in [0.29, 0.717) is 6.42 Å². The molecule has 0 amide bonds. The molecule has 0 saturated carbocycles. The molecule has 0 aliphatic rings.